The quantitative estimate of drug-likeness (QED) is 0.336. The van der Waals surface area contributed by atoms with Crippen LogP contribution in [0.25, 0.3) is 0 Å². The summed E-state index contributed by atoms with van der Waals surface area (Å²) in [5.41, 5.74) is 3.25. The van der Waals surface area contributed by atoms with Crippen molar-refractivity contribution in [2.24, 2.45) is 0 Å². The smallest absolute Gasteiger partial charge is 0.166 e. The molecule has 0 radical (unpaired) electrons. The number of para-hydroxylation sites is 1. The minimum Gasteiger partial charge on any atom is -0.490 e. The van der Waals surface area contributed by atoms with E-state index in [2.05, 4.69) is 23.5 Å². The lowest BCUT2D eigenvalue weighted by molar-refractivity contribution is 0.266. The lowest BCUT2D eigenvalue weighted by Gasteiger charge is -2.17. The van der Waals surface area contributed by atoms with Gasteiger partial charge in [-0.25, -0.2) is 0 Å². The van der Waals surface area contributed by atoms with Crippen molar-refractivity contribution in [3.05, 3.63) is 93.5 Å². The number of ether oxygens (including phenoxy) is 2. The van der Waals surface area contributed by atoms with E-state index in [0.717, 1.165) is 40.6 Å². The molecule has 0 saturated carbocycles. The van der Waals surface area contributed by atoms with Crippen LogP contribution in [0.2, 0.25) is 10.0 Å². The lowest BCUT2D eigenvalue weighted by atomic mass is 10.1. The average Bonchev–Trinajstić information content (AvgIpc) is 2.73. The highest BCUT2D eigenvalue weighted by molar-refractivity contribution is 6.31. The molecule has 0 spiro atoms. The Labute approximate surface area is 194 Å². The Morgan fingerprint density at radius 2 is 1.57 bits per heavy atom. The van der Waals surface area contributed by atoms with E-state index in [-0.39, 0.29) is 12.4 Å². The number of nitrogens with one attached hydrogen (secondary N) is 1. The van der Waals surface area contributed by atoms with Crippen LogP contribution in [0, 0.1) is 0 Å². The molecule has 1 N–H and O–H groups in total. The minimum atomic E-state index is 0. The summed E-state index contributed by atoms with van der Waals surface area (Å²) in [6.07, 6.45) is 0.929. The summed E-state index contributed by atoms with van der Waals surface area (Å²) in [6.45, 7) is 4.48. The fourth-order valence-electron chi connectivity index (χ4n) is 3.01. The summed E-state index contributed by atoms with van der Waals surface area (Å²) in [6, 6.07) is 21.6. The largest absolute Gasteiger partial charge is 0.490 e. The van der Waals surface area contributed by atoms with Crippen LogP contribution in [0.3, 0.4) is 0 Å². The molecule has 0 fully saturated rings. The molecule has 6 heteroatoms. The van der Waals surface area contributed by atoms with E-state index >= 15 is 0 Å². The van der Waals surface area contributed by atoms with E-state index in [1.807, 2.05) is 55.5 Å². The zero-order valence-corrected chi connectivity index (χ0v) is 19.2. The van der Waals surface area contributed by atoms with Crippen LogP contribution >= 0.6 is 35.6 Å². The van der Waals surface area contributed by atoms with E-state index in [0.29, 0.717) is 24.8 Å². The number of hydrogen-bond donors (Lipinski definition) is 1. The zero-order valence-electron chi connectivity index (χ0n) is 16.9. The van der Waals surface area contributed by atoms with Crippen molar-refractivity contribution in [1.29, 1.82) is 0 Å². The molecular formula is C24H26Cl3NO2. The molecule has 0 aliphatic carbocycles. The average molecular weight is 467 g/mol. The topological polar surface area (TPSA) is 30.5 Å². The molecule has 0 amide bonds. The Balaban J connectivity index is 0.00000320. The van der Waals surface area contributed by atoms with Gasteiger partial charge in [0.25, 0.3) is 0 Å². The van der Waals surface area contributed by atoms with Crippen molar-refractivity contribution in [1.82, 2.24) is 5.32 Å². The summed E-state index contributed by atoms with van der Waals surface area (Å²) < 4.78 is 11.9. The van der Waals surface area contributed by atoms with Crippen molar-refractivity contribution in [2.45, 2.75) is 26.5 Å². The maximum absolute atomic E-state index is 6.27. The van der Waals surface area contributed by atoms with Crippen LogP contribution in [-0.4, -0.2) is 13.2 Å². The first kappa shape index (κ1) is 24.4. The maximum atomic E-state index is 6.27. The van der Waals surface area contributed by atoms with Crippen molar-refractivity contribution < 1.29 is 9.47 Å². The molecule has 0 heterocycles. The van der Waals surface area contributed by atoms with Gasteiger partial charge in [-0.3, -0.25) is 0 Å². The Hall–Kier alpha value is -1.91. The number of hydrogen-bond acceptors (Lipinski definition) is 3. The van der Waals surface area contributed by atoms with Crippen LogP contribution < -0.4 is 14.8 Å². The highest BCUT2D eigenvalue weighted by Gasteiger charge is 2.12. The highest BCUT2D eigenvalue weighted by Crippen LogP contribution is 2.32. The molecule has 3 nitrogen and oxygen atoms in total. The predicted molar refractivity (Wildman–Crippen MR) is 128 cm³/mol. The molecule has 0 aromatic heterocycles. The van der Waals surface area contributed by atoms with Crippen LogP contribution in [-0.2, 0) is 19.6 Å². The molecule has 3 aromatic rings. The first-order valence-electron chi connectivity index (χ1n) is 9.73. The molecule has 0 aliphatic heterocycles. The second-order valence-corrected chi connectivity index (χ2v) is 7.45. The monoisotopic (exact) mass is 465 g/mol. The number of halogens is 3. The third kappa shape index (κ3) is 7.10. The van der Waals surface area contributed by atoms with Crippen molar-refractivity contribution >= 4 is 35.6 Å². The predicted octanol–water partition coefficient (Wildman–Crippen LogP) is 6.73. The standard InChI is InChI=1S/C24H25Cl2NO2.ClH/c1-2-28-23-9-5-7-19(16-27-15-14-18-10-12-21(25)13-11-18)24(23)29-17-20-6-3-4-8-22(20)26;/h3-13,27H,2,14-17H2,1H3;1H. The number of benzene rings is 3. The summed E-state index contributed by atoms with van der Waals surface area (Å²) >= 11 is 12.2. The molecule has 0 atom stereocenters. The SMILES string of the molecule is CCOc1cccc(CNCCc2ccc(Cl)cc2)c1OCc1ccccc1Cl.Cl. The van der Waals surface area contributed by atoms with Crippen LogP contribution in [0.1, 0.15) is 23.6 Å². The second-order valence-electron chi connectivity index (χ2n) is 6.61. The van der Waals surface area contributed by atoms with Gasteiger partial charge in [-0.15, -0.1) is 12.4 Å². The van der Waals surface area contributed by atoms with Gasteiger partial charge in [-0.05, 0) is 49.7 Å². The molecule has 0 bridgehead atoms. The van der Waals surface area contributed by atoms with Gasteiger partial charge in [-0.1, -0.05) is 65.7 Å². The first-order chi connectivity index (χ1) is 14.2. The van der Waals surface area contributed by atoms with E-state index in [1.165, 1.54) is 5.56 Å². The van der Waals surface area contributed by atoms with Gasteiger partial charge >= 0.3 is 0 Å². The molecule has 0 saturated heterocycles. The molecule has 3 aromatic carbocycles. The minimum absolute atomic E-state index is 0. The van der Waals surface area contributed by atoms with Gasteiger partial charge in [0, 0.05) is 27.7 Å². The van der Waals surface area contributed by atoms with Gasteiger partial charge in [0.1, 0.15) is 6.61 Å². The molecule has 0 aliphatic rings. The Bertz CT molecular complexity index is 917. The van der Waals surface area contributed by atoms with Gasteiger partial charge in [0.2, 0.25) is 0 Å². The normalized spacial score (nSPS) is 10.4. The lowest BCUT2D eigenvalue weighted by Crippen LogP contribution is -2.17. The van der Waals surface area contributed by atoms with E-state index < -0.39 is 0 Å². The first-order valence-corrected chi connectivity index (χ1v) is 10.5. The van der Waals surface area contributed by atoms with E-state index in [1.54, 1.807) is 0 Å². The van der Waals surface area contributed by atoms with Crippen LogP contribution in [0.15, 0.2) is 66.7 Å². The molecule has 30 heavy (non-hydrogen) atoms. The third-order valence-corrected chi connectivity index (χ3v) is 5.13. The fourth-order valence-corrected chi connectivity index (χ4v) is 3.32. The van der Waals surface area contributed by atoms with Gasteiger partial charge in [0.05, 0.1) is 6.61 Å². The highest BCUT2D eigenvalue weighted by atomic mass is 35.5. The van der Waals surface area contributed by atoms with Crippen molar-refractivity contribution in [3.8, 4) is 11.5 Å². The summed E-state index contributed by atoms with van der Waals surface area (Å²) in [4.78, 5) is 0. The second kappa shape index (κ2) is 12.7. The molecule has 0 unspecified atom stereocenters. The Kier molecular flexibility index (Phi) is 10.3. The van der Waals surface area contributed by atoms with Gasteiger partial charge in [-0.2, -0.15) is 0 Å². The van der Waals surface area contributed by atoms with Gasteiger partial charge < -0.3 is 14.8 Å². The Morgan fingerprint density at radius 3 is 2.30 bits per heavy atom. The van der Waals surface area contributed by atoms with E-state index in [4.69, 9.17) is 32.7 Å². The molecule has 160 valence electrons. The maximum Gasteiger partial charge on any atom is 0.166 e. The molecular weight excluding hydrogens is 441 g/mol. The Morgan fingerprint density at radius 1 is 0.833 bits per heavy atom. The van der Waals surface area contributed by atoms with Crippen LogP contribution in [0.5, 0.6) is 11.5 Å². The van der Waals surface area contributed by atoms with Crippen molar-refractivity contribution in [2.75, 3.05) is 13.2 Å². The third-order valence-electron chi connectivity index (χ3n) is 4.51. The van der Waals surface area contributed by atoms with Gasteiger partial charge in [0.15, 0.2) is 11.5 Å². The van der Waals surface area contributed by atoms with Crippen molar-refractivity contribution in [3.63, 3.8) is 0 Å². The summed E-state index contributed by atoms with van der Waals surface area (Å²) in [7, 11) is 0. The fraction of sp³-hybridized carbons (Fsp3) is 0.250. The van der Waals surface area contributed by atoms with E-state index in [9.17, 15) is 0 Å². The summed E-state index contributed by atoms with van der Waals surface area (Å²) in [5.74, 6) is 1.50. The number of rotatable bonds is 10. The molecule has 3 rings (SSSR count). The summed E-state index contributed by atoms with van der Waals surface area (Å²) in [5, 5.41) is 4.95. The van der Waals surface area contributed by atoms with Crippen LogP contribution in [0.4, 0.5) is 0 Å². The zero-order chi connectivity index (χ0) is 20.5.